The van der Waals surface area contributed by atoms with Crippen LogP contribution in [0.4, 0.5) is 4.39 Å². The summed E-state index contributed by atoms with van der Waals surface area (Å²) in [7, 11) is 1.32. The molecule has 190 valence electrons. The van der Waals surface area contributed by atoms with Crippen molar-refractivity contribution in [3.8, 4) is 0 Å². The number of benzene rings is 1. The average Bonchev–Trinajstić information content (AvgIpc) is 2.72. The van der Waals surface area contributed by atoms with Gasteiger partial charge in [-0.1, -0.05) is 19.9 Å². The molecule has 9 nitrogen and oxygen atoms in total. The Labute approximate surface area is 197 Å². The first kappa shape index (κ1) is 27.7. The van der Waals surface area contributed by atoms with Crippen LogP contribution in [0.5, 0.6) is 0 Å². The number of methoxy groups -OCH3 is 1. The molecule has 1 aromatic carbocycles. The summed E-state index contributed by atoms with van der Waals surface area (Å²) < 4.78 is 29.8. The summed E-state index contributed by atoms with van der Waals surface area (Å²) in [6.07, 6.45) is -2.69. The molecule has 0 bridgehead atoms. The van der Waals surface area contributed by atoms with Crippen LogP contribution >= 0.6 is 0 Å². The second-order valence-corrected chi connectivity index (χ2v) is 8.93. The van der Waals surface area contributed by atoms with E-state index in [1.165, 1.54) is 19.2 Å². The van der Waals surface area contributed by atoms with Crippen molar-refractivity contribution in [2.75, 3.05) is 20.3 Å². The van der Waals surface area contributed by atoms with Gasteiger partial charge in [0.15, 0.2) is 0 Å². The molecule has 10 heteroatoms. The number of aliphatic hydroxyl groups is 2. The molecule has 0 fully saturated rings. The Bertz CT molecular complexity index is 872. The fraction of sp³-hybridized carbons (Fsp3) is 0.625. The fourth-order valence-electron chi connectivity index (χ4n) is 4.58. The highest BCUT2D eigenvalue weighted by Crippen LogP contribution is 2.47. The van der Waals surface area contributed by atoms with Crippen LogP contribution in [0, 0.1) is 11.7 Å². The van der Waals surface area contributed by atoms with E-state index in [4.69, 9.17) is 19.3 Å². The molecular weight excluding hydrogens is 451 g/mol. The minimum atomic E-state index is -1.66. The van der Waals surface area contributed by atoms with Gasteiger partial charge in [0.25, 0.3) is 0 Å². The van der Waals surface area contributed by atoms with Crippen LogP contribution in [0.2, 0.25) is 0 Å². The molecule has 0 aromatic heterocycles. The Morgan fingerprint density at radius 3 is 2.53 bits per heavy atom. The van der Waals surface area contributed by atoms with E-state index < -0.39 is 53.9 Å². The Balaban J connectivity index is 2.22. The predicted molar refractivity (Wildman–Crippen MR) is 117 cm³/mol. The van der Waals surface area contributed by atoms with E-state index in [-0.39, 0.29) is 44.8 Å². The number of hydrogen-bond donors (Lipinski definition) is 3. The van der Waals surface area contributed by atoms with Crippen LogP contribution in [0.1, 0.15) is 56.6 Å². The largest absolute Gasteiger partial charge is 0.481 e. The molecule has 0 aliphatic heterocycles. The molecule has 0 saturated heterocycles. The zero-order valence-corrected chi connectivity index (χ0v) is 19.7. The van der Waals surface area contributed by atoms with E-state index in [0.717, 1.165) is 5.56 Å². The van der Waals surface area contributed by atoms with Gasteiger partial charge in [-0.3, -0.25) is 4.79 Å². The summed E-state index contributed by atoms with van der Waals surface area (Å²) in [5.74, 6) is -3.90. The first-order valence-electron chi connectivity index (χ1n) is 11.2. The molecule has 34 heavy (non-hydrogen) atoms. The van der Waals surface area contributed by atoms with Crippen molar-refractivity contribution in [1.29, 1.82) is 0 Å². The van der Waals surface area contributed by atoms with Gasteiger partial charge in [-0.25, -0.2) is 14.0 Å². The summed E-state index contributed by atoms with van der Waals surface area (Å²) in [4.78, 5) is 36.4. The molecular formula is C24H33FO9. The van der Waals surface area contributed by atoms with Gasteiger partial charge in [0, 0.05) is 25.9 Å². The molecule has 1 aromatic rings. The third kappa shape index (κ3) is 6.97. The summed E-state index contributed by atoms with van der Waals surface area (Å²) in [5.41, 5.74) is -0.239. The van der Waals surface area contributed by atoms with Gasteiger partial charge in [-0.15, -0.1) is 0 Å². The first-order valence-corrected chi connectivity index (χ1v) is 11.2. The van der Waals surface area contributed by atoms with E-state index in [0.29, 0.717) is 5.56 Å². The summed E-state index contributed by atoms with van der Waals surface area (Å²) >= 11 is 0. The second-order valence-electron chi connectivity index (χ2n) is 8.93. The number of aliphatic hydroxyl groups excluding tert-OH is 2. The lowest BCUT2D eigenvalue weighted by Gasteiger charge is -2.44. The third-order valence-corrected chi connectivity index (χ3v) is 5.92. The zero-order chi connectivity index (χ0) is 25.5. The maximum atomic E-state index is 13.8. The van der Waals surface area contributed by atoms with E-state index in [2.05, 4.69) is 0 Å². The molecule has 0 heterocycles. The fourth-order valence-corrected chi connectivity index (χ4v) is 4.58. The van der Waals surface area contributed by atoms with Gasteiger partial charge in [0.1, 0.15) is 12.4 Å². The Kier molecular flexibility index (Phi) is 9.96. The molecule has 0 unspecified atom stereocenters. The standard InChI is InChI=1S/C24H33FO9/c1-14(2)22-19-5-4-16(25)10-15(19)6-8-24(22,34-21(30)13-32-3)23(31)33-9-7-17(26)11-18(27)12-20(28)29/h4-5,10,14,17-18,22,26-27H,6-9,11-13H2,1-3H3,(H,28,29)/t17-,18-,22-,24+/m0/s1. The van der Waals surface area contributed by atoms with E-state index in [1.807, 2.05) is 13.8 Å². The highest BCUT2D eigenvalue weighted by molar-refractivity contribution is 5.86. The maximum Gasteiger partial charge on any atom is 0.351 e. The van der Waals surface area contributed by atoms with E-state index in [1.54, 1.807) is 6.07 Å². The number of esters is 2. The van der Waals surface area contributed by atoms with Crippen LogP contribution in [0.15, 0.2) is 18.2 Å². The van der Waals surface area contributed by atoms with Crippen molar-refractivity contribution < 1.29 is 48.3 Å². The monoisotopic (exact) mass is 484 g/mol. The normalized spacial score (nSPS) is 21.4. The van der Waals surface area contributed by atoms with Gasteiger partial charge in [-0.05, 0) is 42.0 Å². The van der Waals surface area contributed by atoms with Crippen LogP contribution in [0.25, 0.3) is 0 Å². The molecule has 2 rings (SSSR count). The number of carboxylic acids is 1. The highest BCUT2D eigenvalue weighted by Gasteiger charge is 2.55. The zero-order valence-electron chi connectivity index (χ0n) is 19.7. The van der Waals surface area contributed by atoms with Crippen molar-refractivity contribution >= 4 is 17.9 Å². The van der Waals surface area contributed by atoms with Crippen molar-refractivity contribution in [1.82, 2.24) is 0 Å². The predicted octanol–water partition coefficient (Wildman–Crippen LogP) is 1.96. The number of fused-ring (bicyclic) bond motifs is 1. The van der Waals surface area contributed by atoms with E-state index >= 15 is 0 Å². The Morgan fingerprint density at radius 1 is 1.21 bits per heavy atom. The number of aryl methyl sites for hydroxylation is 1. The molecule has 4 atom stereocenters. The van der Waals surface area contributed by atoms with Gasteiger partial charge in [0.05, 0.1) is 25.2 Å². The summed E-state index contributed by atoms with van der Waals surface area (Å²) in [5, 5.41) is 28.4. The van der Waals surface area contributed by atoms with Crippen molar-refractivity contribution in [2.45, 2.75) is 69.7 Å². The lowest BCUT2D eigenvalue weighted by Crippen LogP contribution is -2.54. The van der Waals surface area contributed by atoms with Crippen molar-refractivity contribution in [2.24, 2.45) is 5.92 Å². The molecule has 0 saturated carbocycles. The topological polar surface area (TPSA) is 140 Å². The number of halogens is 1. The highest BCUT2D eigenvalue weighted by atomic mass is 19.1. The smallest absolute Gasteiger partial charge is 0.351 e. The van der Waals surface area contributed by atoms with Crippen LogP contribution in [-0.4, -0.2) is 71.4 Å². The number of rotatable bonds is 12. The summed E-state index contributed by atoms with van der Waals surface area (Å²) in [6.45, 7) is 3.13. The van der Waals surface area contributed by atoms with Gasteiger partial charge in [-0.2, -0.15) is 0 Å². The number of hydrogen-bond acceptors (Lipinski definition) is 8. The van der Waals surface area contributed by atoms with E-state index in [9.17, 15) is 29.0 Å². The lowest BCUT2D eigenvalue weighted by molar-refractivity contribution is -0.192. The van der Waals surface area contributed by atoms with Crippen LogP contribution in [0.3, 0.4) is 0 Å². The van der Waals surface area contributed by atoms with Crippen molar-refractivity contribution in [3.63, 3.8) is 0 Å². The number of aliphatic carboxylic acids is 1. The number of ether oxygens (including phenoxy) is 3. The molecule has 0 amide bonds. The molecule has 0 spiro atoms. The maximum absolute atomic E-state index is 13.8. The number of carbonyl (C=O) groups is 3. The van der Waals surface area contributed by atoms with Crippen molar-refractivity contribution in [3.05, 3.63) is 35.1 Å². The first-order chi connectivity index (χ1) is 16.0. The lowest BCUT2D eigenvalue weighted by atomic mass is 9.67. The van der Waals surface area contributed by atoms with Crippen LogP contribution in [-0.2, 0) is 35.0 Å². The van der Waals surface area contributed by atoms with Gasteiger partial charge in [0.2, 0.25) is 5.60 Å². The third-order valence-electron chi connectivity index (χ3n) is 5.92. The SMILES string of the molecule is COCC(=O)O[C@]1(C(=O)OCC[C@H](O)C[C@H](O)CC(=O)O)CCc2cc(F)ccc2[C@@H]1C(C)C. The number of carboxylic acid groups (broad SMARTS) is 1. The van der Waals surface area contributed by atoms with Gasteiger partial charge >= 0.3 is 17.9 Å². The summed E-state index contributed by atoms with van der Waals surface area (Å²) in [6, 6.07) is 4.30. The second kappa shape index (κ2) is 12.2. The minimum absolute atomic E-state index is 0.0430. The van der Waals surface area contributed by atoms with Gasteiger partial charge < -0.3 is 29.5 Å². The molecule has 1 aliphatic carbocycles. The molecule has 0 radical (unpaired) electrons. The number of carbonyl (C=O) groups excluding carboxylic acids is 2. The Morgan fingerprint density at radius 2 is 1.91 bits per heavy atom. The average molecular weight is 485 g/mol. The quantitative estimate of drug-likeness (QED) is 0.380. The Hall–Kier alpha value is -2.56. The minimum Gasteiger partial charge on any atom is -0.481 e. The molecule has 3 N–H and O–H groups in total. The molecule has 1 aliphatic rings. The van der Waals surface area contributed by atoms with Crippen LogP contribution < -0.4 is 0 Å².